The van der Waals surface area contributed by atoms with Crippen molar-refractivity contribution >= 4 is 34.2 Å². The molecule has 0 radical (unpaired) electrons. The number of benzene rings is 1. The van der Waals surface area contributed by atoms with Gasteiger partial charge in [-0.3, -0.25) is 0 Å². The van der Waals surface area contributed by atoms with Crippen molar-refractivity contribution in [3.63, 3.8) is 0 Å². The van der Waals surface area contributed by atoms with E-state index < -0.39 is 0 Å². The zero-order chi connectivity index (χ0) is 13.0. The molecule has 2 rings (SSSR count). The fraction of sp³-hybridized carbons (Fsp3) is 0.214. The van der Waals surface area contributed by atoms with Gasteiger partial charge in [0.2, 0.25) is 0 Å². The molecule has 1 aromatic carbocycles. The van der Waals surface area contributed by atoms with Gasteiger partial charge < -0.3 is 4.74 Å². The summed E-state index contributed by atoms with van der Waals surface area (Å²) in [6.07, 6.45) is 2.64. The summed E-state index contributed by atoms with van der Waals surface area (Å²) in [6, 6.07) is 11.6. The molecule has 0 N–H and O–H groups in total. The van der Waals surface area contributed by atoms with Crippen LogP contribution in [0.1, 0.15) is 25.0 Å². The molecule has 0 saturated heterocycles. The molecule has 1 atom stereocenters. The van der Waals surface area contributed by atoms with E-state index in [2.05, 4.69) is 34.5 Å². The summed E-state index contributed by atoms with van der Waals surface area (Å²) in [6.45, 7) is 2.09. The van der Waals surface area contributed by atoms with Gasteiger partial charge in [0.15, 0.2) is 5.75 Å². The van der Waals surface area contributed by atoms with Gasteiger partial charge in [-0.2, -0.15) is 0 Å². The number of ether oxygens (including phenoxy) is 1. The molecular weight excluding hydrogens is 361 g/mol. The van der Waals surface area contributed by atoms with Gasteiger partial charge in [0, 0.05) is 11.2 Å². The minimum absolute atomic E-state index is 0.00131. The summed E-state index contributed by atoms with van der Waals surface area (Å²) in [5.74, 6) is 0.810. The van der Waals surface area contributed by atoms with E-state index in [1.807, 2.05) is 36.4 Å². The van der Waals surface area contributed by atoms with Gasteiger partial charge in [-0.25, -0.2) is 4.98 Å². The number of aromatic nitrogens is 1. The monoisotopic (exact) mass is 373 g/mol. The third-order valence-electron chi connectivity index (χ3n) is 2.59. The molecule has 2 nitrogen and oxygen atoms in total. The van der Waals surface area contributed by atoms with Crippen molar-refractivity contribution in [3.05, 3.63) is 56.9 Å². The van der Waals surface area contributed by atoms with E-state index in [0.717, 1.165) is 26.5 Å². The first-order chi connectivity index (χ1) is 8.70. The highest BCUT2D eigenvalue weighted by Gasteiger charge is 2.13. The van der Waals surface area contributed by atoms with E-state index in [1.54, 1.807) is 6.20 Å². The Kier molecular flexibility index (Phi) is 4.83. The molecule has 0 fully saturated rings. The van der Waals surface area contributed by atoms with Crippen LogP contribution in [0.15, 0.2) is 42.6 Å². The number of hydrogen-bond acceptors (Lipinski definition) is 2. The highest BCUT2D eigenvalue weighted by molar-refractivity contribution is 14.1. The van der Waals surface area contributed by atoms with Crippen LogP contribution in [0, 0.1) is 3.70 Å². The van der Waals surface area contributed by atoms with Crippen molar-refractivity contribution in [2.24, 2.45) is 0 Å². The molecule has 0 unspecified atom stereocenters. The Morgan fingerprint density at radius 3 is 2.83 bits per heavy atom. The average Bonchev–Trinajstić information content (AvgIpc) is 2.38. The topological polar surface area (TPSA) is 22.1 Å². The maximum atomic E-state index is 6.01. The van der Waals surface area contributed by atoms with Crippen molar-refractivity contribution in [3.8, 4) is 5.75 Å². The molecule has 0 bridgehead atoms. The summed E-state index contributed by atoms with van der Waals surface area (Å²) in [7, 11) is 0. The average molecular weight is 374 g/mol. The van der Waals surface area contributed by atoms with Crippen LogP contribution in [-0.2, 0) is 0 Å². The molecule has 94 valence electrons. The fourth-order valence-electron chi connectivity index (χ4n) is 1.71. The number of halogens is 2. The lowest BCUT2D eigenvalue weighted by Crippen LogP contribution is -2.07. The molecule has 4 heteroatoms. The van der Waals surface area contributed by atoms with Crippen molar-refractivity contribution < 1.29 is 4.74 Å². The normalized spacial score (nSPS) is 12.2. The van der Waals surface area contributed by atoms with E-state index in [4.69, 9.17) is 16.3 Å². The highest BCUT2D eigenvalue weighted by Crippen LogP contribution is 2.28. The number of rotatable bonds is 4. The summed E-state index contributed by atoms with van der Waals surface area (Å²) in [5, 5.41) is 0.732. The van der Waals surface area contributed by atoms with Crippen LogP contribution >= 0.6 is 34.2 Å². The van der Waals surface area contributed by atoms with E-state index in [9.17, 15) is 0 Å². The number of hydrogen-bond donors (Lipinski definition) is 0. The Morgan fingerprint density at radius 2 is 2.17 bits per heavy atom. The van der Waals surface area contributed by atoms with Gasteiger partial charge in [-0.15, -0.1) is 0 Å². The molecule has 0 amide bonds. The number of nitrogens with zero attached hydrogens (tertiary/aromatic N) is 1. The van der Waals surface area contributed by atoms with E-state index in [-0.39, 0.29) is 6.10 Å². The third kappa shape index (κ3) is 3.36. The standard InChI is InChI=1S/C14H13ClINO/c1-2-12(10-5-3-6-11(15)9-10)18-13-7-4-8-17-14(13)16/h3-9,12H,2H2,1H3/t12-/m1/s1. The van der Waals surface area contributed by atoms with Crippen LogP contribution in [0.25, 0.3) is 0 Å². The Hall–Kier alpha value is -0.810. The number of pyridine rings is 1. The summed E-state index contributed by atoms with van der Waals surface area (Å²) in [4.78, 5) is 4.21. The van der Waals surface area contributed by atoms with Crippen LogP contribution < -0.4 is 4.74 Å². The Morgan fingerprint density at radius 1 is 1.33 bits per heavy atom. The second-order valence-corrected chi connectivity index (χ2v) is 5.32. The third-order valence-corrected chi connectivity index (χ3v) is 3.63. The van der Waals surface area contributed by atoms with Crippen molar-refractivity contribution in [1.29, 1.82) is 0 Å². The zero-order valence-electron chi connectivity index (χ0n) is 9.94. The molecule has 0 aliphatic carbocycles. The van der Waals surface area contributed by atoms with Crippen LogP contribution in [0.3, 0.4) is 0 Å². The second-order valence-electron chi connectivity index (χ2n) is 3.86. The van der Waals surface area contributed by atoms with E-state index in [1.165, 1.54) is 0 Å². The summed E-state index contributed by atoms with van der Waals surface area (Å²) >= 11 is 8.18. The van der Waals surface area contributed by atoms with Gasteiger partial charge in [-0.05, 0) is 58.8 Å². The maximum absolute atomic E-state index is 6.01. The van der Waals surface area contributed by atoms with E-state index >= 15 is 0 Å². The van der Waals surface area contributed by atoms with E-state index in [0.29, 0.717) is 0 Å². The molecule has 2 aromatic rings. The first-order valence-electron chi connectivity index (χ1n) is 5.73. The Bertz CT molecular complexity index is 533. The second kappa shape index (κ2) is 6.38. The van der Waals surface area contributed by atoms with Crippen molar-refractivity contribution in [2.75, 3.05) is 0 Å². The van der Waals surface area contributed by atoms with Gasteiger partial charge in [0.25, 0.3) is 0 Å². The van der Waals surface area contributed by atoms with Gasteiger partial charge in [0.1, 0.15) is 9.80 Å². The molecule has 18 heavy (non-hydrogen) atoms. The first-order valence-corrected chi connectivity index (χ1v) is 7.19. The fourth-order valence-corrected chi connectivity index (χ4v) is 2.37. The minimum Gasteiger partial charge on any atom is -0.483 e. The quantitative estimate of drug-likeness (QED) is 0.563. The Labute approximate surface area is 125 Å². The van der Waals surface area contributed by atoms with Crippen LogP contribution in [-0.4, -0.2) is 4.98 Å². The molecule has 1 heterocycles. The minimum atomic E-state index is 0.00131. The van der Waals surface area contributed by atoms with Crippen LogP contribution in [0.2, 0.25) is 5.02 Å². The van der Waals surface area contributed by atoms with Gasteiger partial charge in [0.05, 0.1) is 0 Å². The molecule has 0 aliphatic rings. The lowest BCUT2D eigenvalue weighted by molar-refractivity contribution is 0.199. The molecule has 0 saturated carbocycles. The largest absolute Gasteiger partial charge is 0.483 e. The first kappa shape index (κ1) is 13.6. The molecule has 0 spiro atoms. The smallest absolute Gasteiger partial charge is 0.152 e. The van der Waals surface area contributed by atoms with Crippen LogP contribution in [0.4, 0.5) is 0 Å². The lowest BCUT2D eigenvalue weighted by Gasteiger charge is -2.18. The highest BCUT2D eigenvalue weighted by atomic mass is 127. The SMILES string of the molecule is CC[C@@H](Oc1cccnc1I)c1cccc(Cl)c1. The van der Waals surface area contributed by atoms with Crippen LogP contribution in [0.5, 0.6) is 5.75 Å². The molecule has 0 aliphatic heterocycles. The van der Waals surface area contributed by atoms with Gasteiger partial charge >= 0.3 is 0 Å². The molecule has 1 aromatic heterocycles. The zero-order valence-corrected chi connectivity index (χ0v) is 12.9. The predicted molar refractivity (Wildman–Crippen MR) is 82.1 cm³/mol. The van der Waals surface area contributed by atoms with Crippen molar-refractivity contribution in [2.45, 2.75) is 19.4 Å². The summed E-state index contributed by atoms with van der Waals surface area (Å²) < 4.78 is 6.88. The maximum Gasteiger partial charge on any atom is 0.152 e. The lowest BCUT2D eigenvalue weighted by atomic mass is 10.1. The van der Waals surface area contributed by atoms with Crippen molar-refractivity contribution in [1.82, 2.24) is 4.98 Å². The Balaban J connectivity index is 2.23. The summed E-state index contributed by atoms with van der Waals surface area (Å²) in [5.41, 5.74) is 1.09. The molecular formula is C14H13ClINO. The predicted octanol–water partition coefficient (Wildman–Crippen LogP) is 4.87. The van der Waals surface area contributed by atoms with Gasteiger partial charge in [-0.1, -0.05) is 30.7 Å².